The topological polar surface area (TPSA) is 40.6 Å². The van der Waals surface area contributed by atoms with E-state index in [-0.39, 0.29) is 23.3 Å². The van der Waals surface area contributed by atoms with E-state index in [1.54, 1.807) is 0 Å². The summed E-state index contributed by atoms with van der Waals surface area (Å²) in [6, 6.07) is 11.1. The highest BCUT2D eigenvalue weighted by Gasteiger charge is 2.56. The molecule has 0 bridgehead atoms. The van der Waals surface area contributed by atoms with Crippen molar-refractivity contribution < 1.29 is 9.59 Å². The predicted octanol–water partition coefficient (Wildman–Crippen LogP) is 4.33. The van der Waals surface area contributed by atoms with Crippen molar-refractivity contribution in [3.8, 4) is 0 Å². The predicted molar refractivity (Wildman–Crippen MR) is 125 cm³/mol. The highest BCUT2D eigenvalue weighted by molar-refractivity contribution is 5.92. The smallest absolute Gasteiger partial charge is 0.233 e. The first-order chi connectivity index (χ1) is 15.3. The third-order valence-electron chi connectivity index (χ3n) is 9.35. The van der Waals surface area contributed by atoms with E-state index in [9.17, 15) is 9.59 Å². The van der Waals surface area contributed by atoms with Crippen molar-refractivity contribution in [1.29, 1.82) is 0 Å². The number of carbonyl (C=O) groups is 2. The maximum absolute atomic E-state index is 13.5. The minimum Gasteiger partial charge on any atom is -0.345 e. The first-order valence-electron chi connectivity index (χ1n) is 12.1. The van der Waals surface area contributed by atoms with Gasteiger partial charge >= 0.3 is 0 Å². The van der Waals surface area contributed by atoms with Crippen LogP contribution in [0.5, 0.6) is 0 Å². The molecule has 0 radical (unpaired) electrons. The molecule has 2 heterocycles. The Bertz CT molecular complexity index is 1180. The molecular formula is C28H32N2O2. The number of rotatable bonds is 1. The molecule has 2 fully saturated rings. The van der Waals surface area contributed by atoms with Gasteiger partial charge in [-0.15, -0.1) is 0 Å². The third-order valence-corrected chi connectivity index (χ3v) is 9.35. The van der Waals surface area contributed by atoms with Gasteiger partial charge in [-0.3, -0.25) is 9.59 Å². The SMILES string of the molecule is Cc1ccc(C2CC3(CCN(C)C3=O)c3cccc(C)c32)c2c1CCC21CCC(=O)N1C. The van der Waals surface area contributed by atoms with Crippen molar-refractivity contribution in [1.82, 2.24) is 9.80 Å². The van der Waals surface area contributed by atoms with Gasteiger partial charge in [-0.1, -0.05) is 30.3 Å². The van der Waals surface area contributed by atoms with Crippen molar-refractivity contribution >= 4 is 11.8 Å². The molecule has 2 aliphatic heterocycles. The zero-order valence-corrected chi connectivity index (χ0v) is 19.6. The Labute approximate surface area is 190 Å². The van der Waals surface area contributed by atoms with Gasteiger partial charge in [-0.25, -0.2) is 0 Å². The van der Waals surface area contributed by atoms with E-state index < -0.39 is 5.41 Å². The summed E-state index contributed by atoms with van der Waals surface area (Å²) in [5.41, 5.74) is 8.84. The molecule has 2 aromatic rings. The Kier molecular flexibility index (Phi) is 4.04. The quantitative estimate of drug-likeness (QED) is 0.678. The molecule has 3 unspecified atom stereocenters. The van der Waals surface area contributed by atoms with Gasteiger partial charge in [0.2, 0.25) is 11.8 Å². The molecule has 166 valence electrons. The van der Waals surface area contributed by atoms with Crippen molar-refractivity contribution in [2.45, 2.75) is 69.2 Å². The van der Waals surface area contributed by atoms with Crippen molar-refractivity contribution in [3.63, 3.8) is 0 Å². The van der Waals surface area contributed by atoms with Gasteiger partial charge in [0.05, 0.1) is 11.0 Å². The third kappa shape index (κ3) is 2.28. The second-order valence-electron chi connectivity index (χ2n) is 10.7. The van der Waals surface area contributed by atoms with Crippen LogP contribution in [0.1, 0.15) is 77.0 Å². The van der Waals surface area contributed by atoms with Crippen molar-refractivity contribution in [2.24, 2.45) is 0 Å². The van der Waals surface area contributed by atoms with Crippen LogP contribution >= 0.6 is 0 Å². The van der Waals surface area contributed by atoms with E-state index in [0.29, 0.717) is 6.42 Å². The van der Waals surface area contributed by atoms with E-state index >= 15 is 0 Å². The summed E-state index contributed by atoms with van der Waals surface area (Å²) in [6.07, 6.45) is 5.34. The zero-order valence-electron chi connectivity index (χ0n) is 19.6. The lowest BCUT2D eigenvalue weighted by Gasteiger charge is -2.36. The first-order valence-corrected chi connectivity index (χ1v) is 12.1. The molecule has 4 aliphatic rings. The molecule has 6 rings (SSSR count). The molecule has 2 aliphatic carbocycles. The van der Waals surface area contributed by atoms with Gasteiger partial charge in [-0.05, 0) is 84.9 Å². The summed E-state index contributed by atoms with van der Waals surface area (Å²) >= 11 is 0. The molecule has 32 heavy (non-hydrogen) atoms. The minimum absolute atomic E-state index is 0.178. The highest BCUT2D eigenvalue weighted by atomic mass is 16.2. The van der Waals surface area contributed by atoms with E-state index in [0.717, 1.165) is 38.6 Å². The Morgan fingerprint density at radius 1 is 0.938 bits per heavy atom. The van der Waals surface area contributed by atoms with Crippen LogP contribution in [0, 0.1) is 13.8 Å². The zero-order chi connectivity index (χ0) is 22.4. The van der Waals surface area contributed by atoms with E-state index in [1.165, 1.54) is 38.9 Å². The minimum atomic E-state index is -0.401. The standard InChI is InChI=1S/C28H32N2O2/c1-17-8-9-20(25-19(17)10-12-28(25)13-11-23(31)30(28)4)21-16-27(14-15-29(3)26(27)32)22-7-5-6-18(2)24(21)22/h5-9,21H,10-16H2,1-4H3. The average Bonchev–Trinajstić information content (AvgIpc) is 3.49. The lowest BCUT2D eigenvalue weighted by Crippen LogP contribution is -2.39. The molecule has 4 heteroatoms. The molecular weight excluding hydrogens is 396 g/mol. The Morgan fingerprint density at radius 3 is 2.41 bits per heavy atom. The number of benzene rings is 2. The molecule has 0 N–H and O–H groups in total. The summed E-state index contributed by atoms with van der Waals surface area (Å²) in [6.45, 7) is 5.23. The van der Waals surface area contributed by atoms with Crippen molar-refractivity contribution in [2.75, 3.05) is 20.6 Å². The lowest BCUT2D eigenvalue weighted by atomic mass is 9.76. The number of hydrogen-bond donors (Lipinski definition) is 0. The van der Waals surface area contributed by atoms with Crippen LogP contribution in [0.25, 0.3) is 0 Å². The summed E-state index contributed by atoms with van der Waals surface area (Å²) in [4.78, 5) is 30.1. The molecule has 2 saturated heterocycles. The van der Waals surface area contributed by atoms with Crippen LogP contribution in [0.2, 0.25) is 0 Å². The molecule has 2 aromatic carbocycles. The van der Waals surface area contributed by atoms with E-state index in [2.05, 4.69) is 44.2 Å². The first kappa shape index (κ1) is 20.0. The number of likely N-dealkylation sites (tertiary alicyclic amines) is 2. The van der Waals surface area contributed by atoms with Gasteiger partial charge in [-0.2, -0.15) is 0 Å². The number of fused-ring (bicyclic) bond motifs is 4. The monoisotopic (exact) mass is 428 g/mol. The van der Waals surface area contributed by atoms with Gasteiger partial charge in [0.25, 0.3) is 0 Å². The molecule has 2 spiro atoms. The Balaban J connectivity index is 1.59. The number of hydrogen-bond acceptors (Lipinski definition) is 2. The van der Waals surface area contributed by atoms with Crippen LogP contribution in [0.3, 0.4) is 0 Å². The second kappa shape index (κ2) is 6.46. The van der Waals surface area contributed by atoms with Gasteiger partial charge in [0.1, 0.15) is 0 Å². The van der Waals surface area contributed by atoms with Crippen LogP contribution in [0.15, 0.2) is 30.3 Å². The molecule has 0 aromatic heterocycles. The maximum atomic E-state index is 13.5. The van der Waals surface area contributed by atoms with Crippen LogP contribution in [0.4, 0.5) is 0 Å². The highest BCUT2D eigenvalue weighted by Crippen LogP contribution is 2.58. The summed E-state index contributed by atoms with van der Waals surface area (Å²) in [5.74, 6) is 0.742. The molecule has 0 saturated carbocycles. The van der Waals surface area contributed by atoms with Crippen LogP contribution in [-0.2, 0) is 27.0 Å². The summed E-state index contributed by atoms with van der Waals surface area (Å²) < 4.78 is 0. The summed E-state index contributed by atoms with van der Waals surface area (Å²) in [7, 11) is 3.94. The number of carbonyl (C=O) groups excluding carboxylic acids is 2. The fourth-order valence-corrected chi connectivity index (χ4v) is 7.62. The molecule has 2 amide bonds. The Hall–Kier alpha value is -2.62. The number of nitrogens with zero attached hydrogens (tertiary/aromatic N) is 2. The number of likely N-dealkylation sites (N-methyl/N-ethyl adjacent to an activating group) is 1. The van der Waals surface area contributed by atoms with E-state index in [4.69, 9.17) is 0 Å². The van der Waals surface area contributed by atoms with Crippen LogP contribution < -0.4 is 0 Å². The fourth-order valence-electron chi connectivity index (χ4n) is 7.62. The summed E-state index contributed by atoms with van der Waals surface area (Å²) in [5, 5.41) is 0. The lowest BCUT2D eigenvalue weighted by molar-refractivity contribution is -0.131. The van der Waals surface area contributed by atoms with Gasteiger partial charge in [0, 0.05) is 33.0 Å². The van der Waals surface area contributed by atoms with Crippen LogP contribution in [-0.4, -0.2) is 42.3 Å². The van der Waals surface area contributed by atoms with Gasteiger partial charge < -0.3 is 9.80 Å². The van der Waals surface area contributed by atoms with Crippen molar-refractivity contribution in [3.05, 3.63) is 69.3 Å². The second-order valence-corrected chi connectivity index (χ2v) is 10.7. The largest absolute Gasteiger partial charge is 0.345 e. The Morgan fingerprint density at radius 2 is 1.72 bits per heavy atom. The maximum Gasteiger partial charge on any atom is 0.233 e. The fraction of sp³-hybridized carbons (Fsp3) is 0.500. The molecule has 4 nitrogen and oxygen atoms in total. The number of amides is 2. The molecule has 3 atom stereocenters. The number of aryl methyl sites for hydroxylation is 2. The van der Waals surface area contributed by atoms with Gasteiger partial charge in [0.15, 0.2) is 0 Å². The normalized spacial score (nSPS) is 30.8. The average molecular weight is 429 g/mol. The van der Waals surface area contributed by atoms with E-state index in [1.807, 2.05) is 23.9 Å².